The molecule has 0 saturated carbocycles. The van der Waals surface area contributed by atoms with Crippen molar-refractivity contribution in [3.05, 3.63) is 75.3 Å². The van der Waals surface area contributed by atoms with E-state index in [1.165, 1.54) is 31.2 Å². The highest BCUT2D eigenvalue weighted by molar-refractivity contribution is 6.11. The third-order valence-electron chi connectivity index (χ3n) is 4.58. The van der Waals surface area contributed by atoms with Gasteiger partial charge in [-0.2, -0.15) is 0 Å². The Kier molecular flexibility index (Phi) is 4.49. The molecule has 3 amide bonds. The monoisotopic (exact) mass is 367 g/mol. The number of hydrogen-bond donors (Lipinski definition) is 1. The molecule has 2 aromatic carbocycles. The van der Waals surface area contributed by atoms with E-state index in [9.17, 15) is 24.5 Å². The fourth-order valence-corrected chi connectivity index (χ4v) is 2.94. The van der Waals surface area contributed by atoms with Crippen molar-refractivity contribution in [2.45, 2.75) is 19.4 Å². The van der Waals surface area contributed by atoms with Gasteiger partial charge in [-0.25, -0.2) is 4.79 Å². The first-order valence-electron chi connectivity index (χ1n) is 8.21. The van der Waals surface area contributed by atoms with Crippen molar-refractivity contribution in [1.29, 1.82) is 0 Å². The average molecular weight is 367 g/mol. The Morgan fingerprint density at radius 1 is 1.19 bits per heavy atom. The lowest BCUT2D eigenvalue weighted by molar-refractivity contribution is -0.385. The predicted molar refractivity (Wildman–Crippen MR) is 96.2 cm³/mol. The van der Waals surface area contributed by atoms with Crippen molar-refractivity contribution >= 4 is 23.4 Å². The molecule has 0 radical (unpaired) electrons. The van der Waals surface area contributed by atoms with Crippen molar-refractivity contribution in [2.24, 2.45) is 0 Å². The van der Waals surface area contributed by atoms with E-state index in [2.05, 4.69) is 5.32 Å². The van der Waals surface area contributed by atoms with Crippen molar-refractivity contribution in [3.8, 4) is 0 Å². The summed E-state index contributed by atoms with van der Waals surface area (Å²) in [7, 11) is 0. The maximum absolute atomic E-state index is 12.9. The highest BCUT2D eigenvalue weighted by Gasteiger charge is 2.49. The van der Waals surface area contributed by atoms with Crippen molar-refractivity contribution in [2.75, 3.05) is 6.54 Å². The van der Waals surface area contributed by atoms with E-state index in [4.69, 9.17) is 0 Å². The van der Waals surface area contributed by atoms with Crippen LogP contribution in [0.15, 0.2) is 48.5 Å². The number of urea groups is 1. The van der Waals surface area contributed by atoms with E-state index in [1.54, 1.807) is 24.3 Å². The molecule has 2 aromatic rings. The van der Waals surface area contributed by atoms with Crippen LogP contribution in [0.3, 0.4) is 0 Å². The number of imide groups is 1. The summed E-state index contributed by atoms with van der Waals surface area (Å²) in [6, 6.07) is 11.6. The lowest BCUT2D eigenvalue weighted by Gasteiger charge is -2.21. The number of nitrogens with zero attached hydrogens (tertiary/aromatic N) is 2. The van der Waals surface area contributed by atoms with Gasteiger partial charge in [0.25, 0.3) is 11.6 Å². The van der Waals surface area contributed by atoms with Gasteiger partial charge in [0.15, 0.2) is 5.78 Å². The molecule has 1 aliphatic heterocycles. The average Bonchev–Trinajstić information content (AvgIpc) is 2.86. The highest BCUT2D eigenvalue weighted by atomic mass is 16.6. The van der Waals surface area contributed by atoms with Crippen LogP contribution in [-0.4, -0.2) is 34.1 Å². The van der Waals surface area contributed by atoms with Crippen LogP contribution in [0.4, 0.5) is 10.5 Å². The zero-order chi connectivity index (χ0) is 19.8. The molecule has 0 aliphatic carbocycles. The van der Waals surface area contributed by atoms with E-state index in [0.717, 1.165) is 10.5 Å². The standard InChI is InChI=1S/C19H17N3O5/c1-12-6-8-13(9-7-12)16(23)11-21-17(24)19(2,20-18(21)25)14-4-3-5-15(10-14)22(26)27/h3-10H,11H2,1-2H3,(H,20,25). The number of aryl methyl sites for hydroxylation is 1. The van der Waals surface area contributed by atoms with Crippen molar-refractivity contribution in [3.63, 3.8) is 0 Å². The fraction of sp³-hybridized carbons (Fsp3) is 0.211. The van der Waals surface area contributed by atoms with Crippen LogP contribution in [0.5, 0.6) is 0 Å². The number of non-ortho nitro benzene ring substituents is 1. The van der Waals surface area contributed by atoms with Gasteiger partial charge in [-0.1, -0.05) is 42.0 Å². The van der Waals surface area contributed by atoms with Crippen LogP contribution in [0, 0.1) is 17.0 Å². The van der Waals surface area contributed by atoms with Gasteiger partial charge < -0.3 is 5.32 Å². The number of hydrogen-bond acceptors (Lipinski definition) is 5. The summed E-state index contributed by atoms with van der Waals surface area (Å²) >= 11 is 0. The van der Waals surface area contributed by atoms with Gasteiger partial charge in [0.1, 0.15) is 5.54 Å². The van der Waals surface area contributed by atoms with Crippen LogP contribution in [-0.2, 0) is 10.3 Å². The first-order valence-corrected chi connectivity index (χ1v) is 8.21. The number of carbonyl (C=O) groups is 3. The second-order valence-corrected chi connectivity index (χ2v) is 6.54. The van der Waals surface area contributed by atoms with E-state index in [0.29, 0.717) is 5.56 Å². The predicted octanol–water partition coefficient (Wildman–Crippen LogP) is 2.55. The van der Waals surface area contributed by atoms with E-state index in [1.807, 2.05) is 6.92 Å². The van der Waals surface area contributed by atoms with Crippen LogP contribution < -0.4 is 5.32 Å². The van der Waals surface area contributed by atoms with Crippen LogP contribution in [0.25, 0.3) is 0 Å². The second kappa shape index (κ2) is 6.64. The molecule has 0 aromatic heterocycles. The number of ketones is 1. The molecule has 0 bridgehead atoms. The maximum atomic E-state index is 12.9. The quantitative estimate of drug-likeness (QED) is 0.378. The summed E-state index contributed by atoms with van der Waals surface area (Å²) in [6.45, 7) is 2.94. The topological polar surface area (TPSA) is 110 Å². The van der Waals surface area contributed by atoms with Crippen molar-refractivity contribution < 1.29 is 19.3 Å². The number of benzene rings is 2. The molecule has 1 fully saturated rings. The Morgan fingerprint density at radius 2 is 1.85 bits per heavy atom. The van der Waals surface area contributed by atoms with Gasteiger partial charge in [-0.05, 0) is 19.4 Å². The minimum atomic E-state index is -1.48. The Balaban J connectivity index is 1.86. The molecule has 3 rings (SSSR count). The number of amides is 3. The summed E-state index contributed by atoms with van der Waals surface area (Å²) in [5.41, 5.74) is -0.00773. The number of nitrogens with one attached hydrogen (secondary N) is 1. The maximum Gasteiger partial charge on any atom is 0.325 e. The number of nitro groups is 1. The van der Waals surface area contributed by atoms with E-state index >= 15 is 0 Å². The molecule has 1 heterocycles. The molecule has 1 saturated heterocycles. The lowest BCUT2D eigenvalue weighted by Crippen LogP contribution is -2.41. The molecule has 1 unspecified atom stereocenters. The van der Waals surface area contributed by atoms with Gasteiger partial charge >= 0.3 is 6.03 Å². The Morgan fingerprint density at radius 3 is 2.48 bits per heavy atom. The molecular weight excluding hydrogens is 350 g/mol. The van der Waals surface area contributed by atoms with Gasteiger partial charge in [0.05, 0.1) is 11.5 Å². The first-order chi connectivity index (χ1) is 12.7. The molecule has 27 heavy (non-hydrogen) atoms. The highest BCUT2D eigenvalue weighted by Crippen LogP contribution is 2.31. The third kappa shape index (κ3) is 3.29. The summed E-state index contributed by atoms with van der Waals surface area (Å²) in [5.74, 6) is -1.00. The van der Waals surface area contributed by atoms with Crippen LogP contribution >= 0.6 is 0 Å². The molecule has 1 aliphatic rings. The van der Waals surface area contributed by atoms with Gasteiger partial charge in [0.2, 0.25) is 0 Å². The molecule has 8 heteroatoms. The summed E-state index contributed by atoms with van der Waals surface area (Å²) in [5, 5.41) is 13.5. The largest absolute Gasteiger partial charge is 0.325 e. The first kappa shape index (κ1) is 18.2. The fourth-order valence-electron chi connectivity index (χ4n) is 2.94. The minimum Gasteiger partial charge on any atom is -0.319 e. The summed E-state index contributed by atoms with van der Waals surface area (Å²) in [4.78, 5) is 48.9. The van der Waals surface area contributed by atoms with Crippen molar-refractivity contribution in [1.82, 2.24) is 10.2 Å². The Bertz CT molecular complexity index is 954. The van der Waals surface area contributed by atoms with Gasteiger partial charge in [0, 0.05) is 17.7 Å². The number of Topliss-reactive ketones (excluding diaryl/α,β-unsaturated/α-hetero) is 1. The summed E-state index contributed by atoms with van der Waals surface area (Å²) < 4.78 is 0. The van der Waals surface area contributed by atoms with E-state index < -0.39 is 28.9 Å². The lowest BCUT2D eigenvalue weighted by atomic mass is 9.91. The smallest absolute Gasteiger partial charge is 0.319 e. The van der Waals surface area contributed by atoms with E-state index in [-0.39, 0.29) is 17.0 Å². The number of carbonyl (C=O) groups excluding carboxylic acids is 3. The molecule has 8 nitrogen and oxygen atoms in total. The second-order valence-electron chi connectivity index (χ2n) is 6.54. The molecule has 1 atom stereocenters. The van der Waals surface area contributed by atoms with Crippen LogP contribution in [0.1, 0.15) is 28.4 Å². The number of rotatable bonds is 5. The number of nitro benzene ring substituents is 1. The molecule has 0 spiro atoms. The summed E-state index contributed by atoms with van der Waals surface area (Å²) in [6.07, 6.45) is 0. The SMILES string of the molecule is Cc1ccc(C(=O)CN2C(=O)NC(C)(c3cccc([N+](=O)[O-])c3)C2=O)cc1. The zero-order valence-corrected chi connectivity index (χ0v) is 14.8. The molecular formula is C19H17N3O5. The molecule has 1 N–H and O–H groups in total. The normalized spacial score (nSPS) is 19.1. The van der Waals surface area contributed by atoms with Gasteiger partial charge in [-0.15, -0.1) is 0 Å². The van der Waals surface area contributed by atoms with Gasteiger partial charge in [-0.3, -0.25) is 24.6 Å². The third-order valence-corrected chi connectivity index (χ3v) is 4.58. The minimum absolute atomic E-state index is 0.190. The Labute approximate surface area is 154 Å². The van der Waals surface area contributed by atoms with Crippen LogP contribution in [0.2, 0.25) is 0 Å². The molecule has 138 valence electrons. The Hall–Kier alpha value is -3.55. The zero-order valence-electron chi connectivity index (χ0n) is 14.8.